The lowest BCUT2D eigenvalue weighted by molar-refractivity contribution is 0.265. The second kappa shape index (κ2) is 8.41. The van der Waals surface area contributed by atoms with Gasteiger partial charge in [0.2, 0.25) is 0 Å². The van der Waals surface area contributed by atoms with Crippen molar-refractivity contribution < 1.29 is 0 Å². The van der Waals surface area contributed by atoms with Crippen molar-refractivity contribution in [2.24, 2.45) is 10.9 Å². The maximum absolute atomic E-state index is 4.65. The van der Waals surface area contributed by atoms with E-state index < -0.39 is 0 Å². The van der Waals surface area contributed by atoms with Gasteiger partial charge in [-0.25, -0.2) is 0 Å². The van der Waals surface area contributed by atoms with E-state index >= 15 is 0 Å². The predicted molar refractivity (Wildman–Crippen MR) is 83.7 cm³/mol. The van der Waals surface area contributed by atoms with Crippen LogP contribution in [-0.2, 0) is 0 Å². The molecule has 4 heteroatoms. The van der Waals surface area contributed by atoms with E-state index in [4.69, 9.17) is 0 Å². The molecule has 2 unspecified atom stereocenters. The minimum absolute atomic E-state index is 0.516. The van der Waals surface area contributed by atoms with Crippen LogP contribution in [0.4, 0.5) is 0 Å². The van der Waals surface area contributed by atoms with Gasteiger partial charge in [0.25, 0.3) is 0 Å². The summed E-state index contributed by atoms with van der Waals surface area (Å²) in [7, 11) is 0. The molecule has 19 heavy (non-hydrogen) atoms. The van der Waals surface area contributed by atoms with E-state index in [0.29, 0.717) is 18.0 Å². The Kier molecular flexibility index (Phi) is 7.21. The highest BCUT2D eigenvalue weighted by atomic mass is 15.3. The second-order valence-electron chi connectivity index (χ2n) is 5.89. The average molecular weight is 268 g/mol. The first kappa shape index (κ1) is 16.3. The lowest BCUT2D eigenvalue weighted by Crippen LogP contribution is -2.46. The fourth-order valence-electron chi connectivity index (χ4n) is 2.46. The molecule has 1 saturated heterocycles. The molecular formula is C15H32N4. The molecule has 1 heterocycles. The summed E-state index contributed by atoms with van der Waals surface area (Å²) in [6.07, 6.45) is 2.36. The van der Waals surface area contributed by atoms with Crippen LogP contribution >= 0.6 is 0 Å². The largest absolute Gasteiger partial charge is 0.357 e. The number of aliphatic imine (C=N–C) groups is 1. The Balaban J connectivity index is 2.51. The second-order valence-corrected chi connectivity index (χ2v) is 5.89. The van der Waals surface area contributed by atoms with Gasteiger partial charge in [-0.05, 0) is 33.1 Å². The summed E-state index contributed by atoms with van der Waals surface area (Å²) in [5, 5.41) is 6.96. The lowest BCUT2D eigenvalue weighted by Gasteiger charge is -2.21. The summed E-state index contributed by atoms with van der Waals surface area (Å²) in [4.78, 5) is 7.19. The van der Waals surface area contributed by atoms with Gasteiger partial charge in [-0.2, -0.15) is 0 Å². The van der Waals surface area contributed by atoms with Gasteiger partial charge in [0, 0.05) is 38.3 Å². The molecule has 0 aromatic heterocycles. The van der Waals surface area contributed by atoms with Gasteiger partial charge in [-0.15, -0.1) is 0 Å². The number of likely N-dealkylation sites (tertiary alicyclic amines) is 1. The van der Waals surface area contributed by atoms with E-state index in [0.717, 1.165) is 32.0 Å². The first-order valence-corrected chi connectivity index (χ1v) is 7.87. The van der Waals surface area contributed by atoms with Gasteiger partial charge < -0.3 is 10.6 Å². The molecule has 0 saturated carbocycles. The Morgan fingerprint density at radius 1 is 1.32 bits per heavy atom. The number of guanidine groups is 1. The van der Waals surface area contributed by atoms with Gasteiger partial charge in [-0.1, -0.05) is 20.3 Å². The predicted octanol–water partition coefficient (Wildman–Crippen LogP) is 2.07. The molecule has 1 fully saturated rings. The summed E-state index contributed by atoms with van der Waals surface area (Å²) in [6.45, 7) is 15.3. The van der Waals surface area contributed by atoms with E-state index in [1.807, 2.05) is 0 Å². The fraction of sp³-hybridized carbons (Fsp3) is 0.933. The van der Waals surface area contributed by atoms with Crippen molar-refractivity contribution in [1.82, 2.24) is 15.5 Å². The fourth-order valence-corrected chi connectivity index (χ4v) is 2.46. The van der Waals surface area contributed by atoms with Crippen LogP contribution in [0.2, 0.25) is 0 Å². The van der Waals surface area contributed by atoms with Crippen molar-refractivity contribution in [2.45, 2.75) is 59.5 Å². The Labute approximate surface area is 119 Å². The zero-order chi connectivity index (χ0) is 14.3. The number of hydrogen-bond acceptors (Lipinski definition) is 2. The third-order valence-corrected chi connectivity index (χ3v) is 3.82. The van der Waals surface area contributed by atoms with E-state index in [2.05, 4.69) is 55.1 Å². The number of nitrogens with one attached hydrogen (secondary N) is 2. The topological polar surface area (TPSA) is 39.7 Å². The molecule has 0 aromatic carbocycles. The summed E-state index contributed by atoms with van der Waals surface area (Å²) >= 11 is 0. The molecule has 4 nitrogen and oxygen atoms in total. The summed E-state index contributed by atoms with van der Waals surface area (Å²) in [5.74, 6) is 1.66. The van der Waals surface area contributed by atoms with E-state index in [1.54, 1.807) is 0 Å². The zero-order valence-corrected chi connectivity index (χ0v) is 13.4. The van der Waals surface area contributed by atoms with Crippen LogP contribution in [0.15, 0.2) is 4.99 Å². The number of hydrogen-bond donors (Lipinski definition) is 2. The highest BCUT2D eigenvalue weighted by molar-refractivity contribution is 5.80. The van der Waals surface area contributed by atoms with Crippen LogP contribution in [0.25, 0.3) is 0 Å². The first-order valence-electron chi connectivity index (χ1n) is 7.87. The molecule has 0 bridgehead atoms. The minimum Gasteiger partial charge on any atom is -0.357 e. The number of nitrogens with zero attached hydrogens (tertiary/aromatic N) is 2. The SMILES string of the molecule is CCCCN=C(NCC)NC1CN(C(C)C)CC1C. The van der Waals surface area contributed by atoms with Crippen LogP contribution in [0.3, 0.4) is 0 Å². The third kappa shape index (κ3) is 5.39. The first-order chi connectivity index (χ1) is 9.08. The van der Waals surface area contributed by atoms with Crippen molar-refractivity contribution in [3.8, 4) is 0 Å². The molecule has 0 aromatic rings. The highest BCUT2D eigenvalue weighted by Crippen LogP contribution is 2.18. The Morgan fingerprint density at radius 2 is 2.05 bits per heavy atom. The van der Waals surface area contributed by atoms with Gasteiger partial charge in [0.05, 0.1) is 0 Å². The molecule has 112 valence electrons. The minimum atomic E-state index is 0.516. The van der Waals surface area contributed by atoms with Crippen LogP contribution < -0.4 is 10.6 Å². The smallest absolute Gasteiger partial charge is 0.191 e. The molecule has 1 rings (SSSR count). The van der Waals surface area contributed by atoms with Crippen molar-refractivity contribution in [2.75, 3.05) is 26.2 Å². The molecule has 1 aliphatic heterocycles. The standard InChI is InChI=1S/C15H32N4/c1-6-8-9-17-15(16-7-2)18-14-11-19(12(3)4)10-13(14)5/h12-14H,6-11H2,1-5H3,(H2,16,17,18). The van der Waals surface area contributed by atoms with Gasteiger partial charge in [0.1, 0.15) is 0 Å². The monoisotopic (exact) mass is 268 g/mol. The molecule has 1 aliphatic rings. The van der Waals surface area contributed by atoms with Crippen molar-refractivity contribution in [3.63, 3.8) is 0 Å². The summed E-state index contributed by atoms with van der Waals surface area (Å²) < 4.78 is 0. The Morgan fingerprint density at radius 3 is 2.58 bits per heavy atom. The Hall–Kier alpha value is -0.770. The quantitative estimate of drug-likeness (QED) is 0.440. The number of rotatable bonds is 6. The van der Waals surface area contributed by atoms with Crippen molar-refractivity contribution >= 4 is 5.96 Å². The van der Waals surface area contributed by atoms with E-state index in [9.17, 15) is 0 Å². The summed E-state index contributed by atoms with van der Waals surface area (Å²) in [6, 6.07) is 1.15. The molecule has 0 radical (unpaired) electrons. The highest BCUT2D eigenvalue weighted by Gasteiger charge is 2.31. The maximum atomic E-state index is 4.65. The van der Waals surface area contributed by atoms with Crippen LogP contribution in [0, 0.1) is 5.92 Å². The summed E-state index contributed by atoms with van der Waals surface area (Å²) in [5.41, 5.74) is 0. The molecule has 0 spiro atoms. The van der Waals surface area contributed by atoms with Gasteiger partial charge in [0.15, 0.2) is 5.96 Å². The van der Waals surface area contributed by atoms with Crippen LogP contribution in [0.5, 0.6) is 0 Å². The van der Waals surface area contributed by atoms with Gasteiger partial charge >= 0.3 is 0 Å². The normalized spacial score (nSPS) is 25.1. The zero-order valence-electron chi connectivity index (χ0n) is 13.4. The van der Waals surface area contributed by atoms with E-state index in [1.165, 1.54) is 13.0 Å². The Bertz CT molecular complexity index is 275. The third-order valence-electron chi connectivity index (χ3n) is 3.82. The lowest BCUT2D eigenvalue weighted by atomic mass is 10.1. The molecule has 0 aliphatic carbocycles. The van der Waals surface area contributed by atoms with Gasteiger partial charge in [-0.3, -0.25) is 9.89 Å². The van der Waals surface area contributed by atoms with Crippen molar-refractivity contribution in [1.29, 1.82) is 0 Å². The number of unbranched alkanes of at least 4 members (excludes halogenated alkanes) is 1. The molecule has 0 amide bonds. The molecule has 2 N–H and O–H groups in total. The molecule has 2 atom stereocenters. The van der Waals surface area contributed by atoms with E-state index in [-0.39, 0.29) is 0 Å². The van der Waals surface area contributed by atoms with Crippen LogP contribution in [-0.4, -0.2) is 49.1 Å². The molecular weight excluding hydrogens is 236 g/mol. The average Bonchev–Trinajstić information content (AvgIpc) is 2.72. The maximum Gasteiger partial charge on any atom is 0.191 e. The van der Waals surface area contributed by atoms with Crippen molar-refractivity contribution in [3.05, 3.63) is 0 Å². The van der Waals surface area contributed by atoms with Crippen LogP contribution in [0.1, 0.15) is 47.5 Å².